The maximum Gasteiger partial charge on any atom is 0.257 e. The lowest BCUT2D eigenvalue weighted by molar-refractivity contribution is 0.102. The molecule has 0 bridgehead atoms. The third-order valence-electron chi connectivity index (χ3n) is 8.93. The third-order valence-corrected chi connectivity index (χ3v) is 8.93. The number of carbonyl (C=O) groups excluding carboxylic acids is 1. The summed E-state index contributed by atoms with van der Waals surface area (Å²) in [4.78, 5) is 20.1. The Labute approximate surface area is 273 Å². The molecule has 1 amide bonds. The number of rotatable bonds is 8. The van der Waals surface area contributed by atoms with E-state index in [-0.39, 0.29) is 5.91 Å². The van der Waals surface area contributed by atoms with Crippen LogP contribution in [0.2, 0.25) is 0 Å². The zero-order chi connectivity index (χ0) is 31.6. The molecule has 2 aromatic heterocycles. The fourth-order valence-corrected chi connectivity index (χ4v) is 6.45. The Balaban J connectivity index is 0.985. The Morgan fingerprint density at radius 1 is 0.787 bits per heavy atom. The SMILES string of the molecule is O=C1Nc2cc(CCOc3ccc(N4CCOCC4)cc3)ccc2Nc2cc(-c3cn(Cc4ccccc4)c4cnccc34)ccc21. The van der Waals surface area contributed by atoms with Crippen LogP contribution in [0.15, 0.2) is 116 Å². The van der Waals surface area contributed by atoms with Gasteiger partial charge in [0.2, 0.25) is 0 Å². The average molecular weight is 622 g/mol. The van der Waals surface area contributed by atoms with Gasteiger partial charge in [0.15, 0.2) is 0 Å². The van der Waals surface area contributed by atoms with Gasteiger partial charge in [-0.2, -0.15) is 0 Å². The number of pyridine rings is 1. The first-order chi connectivity index (χ1) is 23.2. The molecule has 1 saturated heterocycles. The molecule has 234 valence electrons. The number of amides is 1. The van der Waals surface area contributed by atoms with Crippen molar-refractivity contribution in [2.45, 2.75) is 13.0 Å². The predicted molar refractivity (Wildman–Crippen MR) is 187 cm³/mol. The maximum absolute atomic E-state index is 13.4. The minimum Gasteiger partial charge on any atom is -0.493 e. The summed E-state index contributed by atoms with van der Waals surface area (Å²) in [5, 5.41) is 7.77. The van der Waals surface area contributed by atoms with Crippen molar-refractivity contribution in [2.24, 2.45) is 0 Å². The summed E-state index contributed by atoms with van der Waals surface area (Å²) in [5.74, 6) is 0.708. The van der Waals surface area contributed by atoms with Gasteiger partial charge in [0.1, 0.15) is 5.75 Å². The number of ether oxygens (including phenoxy) is 2. The number of carbonyl (C=O) groups is 1. The molecule has 8 nitrogen and oxygen atoms in total. The Hall–Kier alpha value is -5.60. The van der Waals surface area contributed by atoms with E-state index in [1.807, 2.05) is 54.9 Å². The molecule has 1 fully saturated rings. The number of hydrogen-bond acceptors (Lipinski definition) is 6. The predicted octanol–water partition coefficient (Wildman–Crippen LogP) is 7.52. The van der Waals surface area contributed by atoms with E-state index in [4.69, 9.17) is 9.47 Å². The van der Waals surface area contributed by atoms with Gasteiger partial charge in [-0.25, -0.2) is 0 Å². The first kappa shape index (κ1) is 28.8. The molecule has 8 heteroatoms. The quantitative estimate of drug-likeness (QED) is 0.183. The zero-order valence-corrected chi connectivity index (χ0v) is 26.0. The van der Waals surface area contributed by atoms with Crippen molar-refractivity contribution >= 4 is 39.6 Å². The van der Waals surface area contributed by atoms with Gasteiger partial charge in [-0.3, -0.25) is 9.78 Å². The van der Waals surface area contributed by atoms with Crippen LogP contribution >= 0.6 is 0 Å². The van der Waals surface area contributed by atoms with E-state index in [1.54, 1.807) is 0 Å². The minimum absolute atomic E-state index is 0.137. The molecule has 0 saturated carbocycles. The highest BCUT2D eigenvalue weighted by molar-refractivity contribution is 6.13. The summed E-state index contributed by atoms with van der Waals surface area (Å²) < 4.78 is 13.8. The molecular formula is C39H35N5O3. The van der Waals surface area contributed by atoms with Crippen LogP contribution in [0.25, 0.3) is 22.0 Å². The lowest BCUT2D eigenvalue weighted by Gasteiger charge is -2.28. The van der Waals surface area contributed by atoms with Gasteiger partial charge in [-0.1, -0.05) is 42.5 Å². The molecule has 4 heterocycles. The number of aromatic nitrogens is 2. The zero-order valence-electron chi connectivity index (χ0n) is 26.0. The summed E-state index contributed by atoms with van der Waals surface area (Å²) >= 11 is 0. The second-order valence-electron chi connectivity index (χ2n) is 12.0. The molecule has 0 atom stereocenters. The lowest BCUT2D eigenvalue weighted by Crippen LogP contribution is -2.36. The van der Waals surface area contributed by atoms with Crippen LogP contribution in [0.5, 0.6) is 5.75 Å². The van der Waals surface area contributed by atoms with Crippen LogP contribution in [0.1, 0.15) is 21.5 Å². The van der Waals surface area contributed by atoms with Gasteiger partial charge < -0.3 is 29.6 Å². The normalized spacial score (nSPS) is 14.1. The maximum atomic E-state index is 13.4. The summed E-state index contributed by atoms with van der Waals surface area (Å²) in [6.07, 6.45) is 6.64. The molecule has 4 aromatic carbocycles. The van der Waals surface area contributed by atoms with E-state index in [9.17, 15) is 4.79 Å². The van der Waals surface area contributed by atoms with E-state index in [0.29, 0.717) is 18.6 Å². The first-order valence-corrected chi connectivity index (χ1v) is 16.1. The average Bonchev–Trinajstić information content (AvgIpc) is 3.41. The minimum atomic E-state index is -0.137. The molecule has 0 spiro atoms. The van der Waals surface area contributed by atoms with Crippen molar-refractivity contribution in [1.82, 2.24) is 9.55 Å². The number of fused-ring (bicyclic) bond motifs is 3. The number of morpholine rings is 1. The Bertz CT molecular complexity index is 2050. The highest BCUT2D eigenvalue weighted by Gasteiger charge is 2.21. The second kappa shape index (κ2) is 12.7. The smallest absolute Gasteiger partial charge is 0.257 e. The molecule has 6 aromatic rings. The number of nitrogens with one attached hydrogen (secondary N) is 2. The van der Waals surface area contributed by atoms with E-state index in [1.165, 1.54) is 11.3 Å². The molecule has 0 radical (unpaired) electrons. The second-order valence-corrected chi connectivity index (χ2v) is 12.0. The fourth-order valence-electron chi connectivity index (χ4n) is 6.45. The number of benzene rings is 4. The van der Waals surface area contributed by atoms with Crippen LogP contribution in [0.4, 0.5) is 22.7 Å². The Morgan fingerprint density at radius 2 is 1.64 bits per heavy atom. The highest BCUT2D eigenvalue weighted by atomic mass is 16.5. The molecule has 0 unspecified atom stereocenters. The van der Waals surface area contributed by atoms with Crippen molar-refractivity contribution in [3.63, 3.8) is 0 Å². The highest BCUT2D eigenvalue weighted by Crippen LogP contribution is 2.37. The van der Waals surface area contributed by atoms with Gasteiger partial charge in [0.05, 0.1) is 54.2 Å². The van der Waals surface area contributed by atoms with Crippen molar-refractivity contribution in [3.05, 3.63) is 132 Å². The monoisotopic (exact) mass is 621 g/mol. The van der Waals surface area contributed by atoms with E-state index in [0.717, 1.165) is 83.3 Å². The third kappa shape index (κ3) is 6.03. The molecule has 0 aliphatic carbocycles. The lowest BCUT2D eigenvalue weighted by atomic mass is 10.0. The van der Waals surface area contributed by atoms with E-state index >= 15 is 0 Å². The number of nitrogens with zero attached hydrogens (tertiary/aromatic N) is 3. The van der Waals surface area contributed by atoms with Crippen LogP contribution < -0.4 is 20.3 Å². The van der Waals surface area contributed by atoms with Crippen molar-refractivity contribution < 1.29 is 14.3 Å². The van der Waals surface area contributed by atoms with Crippen LogP contribution in [0.3, 0.4) is 0 Å². The number of anilines is 4. The fraction of sp³-hybridized carbons (Fsp3) is 0.179. The van der Waals surface area contributed by atoms with Gasteiger partial charge in [-0.05, 0) is 71.3 Å². The largest absolute Gasteiger partial charge is 0.493 e. The number of hydrogen-bond donors (Lipinski definition) is 2. The van der Waals surface area contributed by atoms with Crippen molar-refractivity contribution in [2.75, 3.05) is 48.4 Å². The standard InChI is InChI=1S/C39H35N5O3/c45-39-33-12-7-29(34-26-44(25-28-4-2-1-3-5-28)38-24-40-16-14-32(34)38)23-36(33)41-35-13-6-27(22-37(35)42-39)15-19-47-31-10-8-30(9-11-31)43-17-20-46-21-18-43/h1-14,16,22-24,26,41H,15,17-21,25H2,(H,42,45). The van der Waals surface area contributed by atoms with Crippen molar-refractivity contribution in [1.29, 1.82) is 0 Å². The van der Waals surface area contributed by atoms with E-state index < -0.39 is 0 Å². The summed E-state index contributed by atoms with van der Waals surface area (Å²) in [7, 11) is 0. The Kier molecular flexibility index (Phi) is 7.77. The van der Waals surface area contributed by atoms with E-state index in [2.05, 4.69) is 85.9 Å². The molecule has 47 heavy (non-hydrogen) atoms. The van der Waals surface area contributed by atoms with Gasteiger partial charge in [0, 0.05) is 55.1 Å². The van der Waals surface area contributed by atoms with Crippen molar-refractivity contribution in [3.8, 4) is 16.9 Å². The first-order valence-electron chi connectivity index (χ1n) is 16.1. The summed E-state index contributed by atoms with van der Waals surface area (Å²) in [6, 6.07) is 32.9. The van der Waals surface area contributed by atoms with Gasteiger partial charge in [0.25, 0.3) is 5.91 Å². The van der Waals surface area contributed by atoms with Gasteiger partial charge in [-0.15, -0.1) is 0 Å². The Morgan fingerprint density at radius 3 is 2.49 bits per heavy atom. The van der Waals surface area contributed by atoms with Crippen LogP contribution in [0, 0.1) is 0 Å². The van der Waals surface area contributed by atoms with Crippen LogP contribution in [-0.4, -0.2) is 48.4 Å². The molecular weight excluding hydrogens is 586 g/mol. The molecule has 8 rings (SSSR count). The van der Waals surface area contributed by atoms with Gasteiger partial charge >= 0.3 is 0 Å². The van der Waals surface area contributed by atoms with Crippen LogP contribution in [-0.2, 0) is 17.7 Å². The summed E-state index contributed by atoms with van der Waals surface area (Å²) in [6.45, 7) is 4.64. The summed E-state index contributed by atoms with van der Waals surface area (Å²) in [5.41, 5.74) is 9.68. The molecule has 2 N–H and O–H groups in total. The molecule has 2 aliphatic rings. The molecule has 2 aliphatic heterocycles. The topological polar surface area (TPSA) is 80.6 Å².